The number of hydrogen-bond donors (Lipinski definition) is 1. The van der Waals surface area contributed by atoms with Crippen LogP contribution in [0.15, 0.2) is 0 Å². The maximum Gasteiger partial charge on any atom is 0.254 e. The second-order valence-electron chi connectivity index (χ2n) is 3.53. The van der Waals surface area contributed by atoms with Crippen LogP contribution in [0.4, 0.5) is 0 Å². The summed E-state index contributed by atoms with van der Waals surface area (Å²) in [6.45, 7) is 1.70. The molecular weight excluding hydrogens is 142 g/mol. The van der Waals surface area contributed by atoms with Crippen LogP contribution in [0.25, 0.3) is 0 Å². The Bertz CT molecular complexity index is 183. The van der Waals surface area contributed by atoms with Crippen molar-refractivity contribution in [3.63, 3.8) is 0 Å². The molecule has 1 N–H and O–H groups in total. The van der Waals surface area contributed by atoms with Crippen LogP contribution in [0.1, 0.15) is 25.7 Å². The van der Waals surface area contributed by atoms with Crippen molar-refractivity contribution in [3.05, 3.63) is 0 Å². The number of rotatable bonds is 1. The molecule has 11 heavy (non-hydrogen) atoms. The molecular formula is C8H13NO2. The lowest BCUT2D eigenvalue weighted by atomic mass is 9.79. The van der Waals surface area contributed by atoms with E-state index in [1.165, 1.54) is 0 Å². The van der Waals surface area contributed by atoms with Gasteiger partial charge >= 0.3 is 0 Å². The lowest BCUT2D eigenvalue weighted by molar-refractivity contribution is -0.164. The first-order valence-electron chi connectivity index (χ1n) is 4.24. The van der Waals surface area contributed by atoms with E-state index in [-0.39, 0.29) is 5.91 Å². The van der Waals surface area contributed by atoms with Crippen LogP contribution in [0.3, 0.4) is 0 Å². The molecule has 0 bridgehead atoms. The van der Waals surface area contributed by atoms with Crippen LogP contribution in [-0.2, 0) is 4.79 Å². The van der Waals surface area contributed by atoms with Crippen LogP contribution in [0.5, 0.6) is 0 Å². The quantitative estimate of drug-likeness (QED) is 0.585. The summed E-state index contributed by atoms with van der Waals surface area (Å²) in [7, 11) is 0. The third-order valence-corrected chi connectivity index (χ3v) is 2.72. The van der Waals surface area contributed by atoms with Gasteiger partial charge in [-0.2, -0.15) is 0 Å². The van der Waals surface area contributed by atoms with Gasteiger partial charge in [0, 0.05) is 13.1 Å². The molecule has 1 aliphatic carbocycles. The predicted octanol–water partition coefficient (Wildman–Crippen LogP) is 0.134. The minimum absolute atomic E-state index is 0.0324. The predicted molar refractivity (Wildman–Crippen MR) is 40.0 cm³/mol. The Morgan fingerprint density at radius 1 is 1.27 bits per heavy atom. The van der Waals surface area contributed by atoms with Crippen LogP contribution < -0.4 is 0 Å². The summed E-state index contributed by atoms with van der Waals surface area (Å²) >= 11 is 0. The number of aliphatic hydroxyl groups is 1. The summed E-state index contributed by atoms with van der Waals surface area (Å²) < 4.78 is 0. The van der Waals surface area contributed by atoms with Crippen LogP contribution in [0, 0.1) is 0 Å². The van der Waals surface area contributed by atoms with Crippen molar-refractivity contribution in [2.75, 3.05) is 13.1 Å². The summed E-state index contributed by atoms with van der Waals surface area (Å²) in [6, 6.07) is 0. The Labute approximate surface area is 66.0 Å². The van der Waals surface area contributed by atoms with E-state index in [0.717, 1.165) is 25.9 Å². The number of nitrogens with zero attached hydrogens (tertiary/aromatic N) is 1. The van der Waals surface area contributed by atoms with E-state index >= 15 is 0 Å². The number of amides is 1. The topological polar surface area (TPSA) is 40.5 Å². The average molecular weight is 155 g/mol. The van der Waals surface area contributed by atoms with Gasteiger partial charge in [-0.1, -0.05) is 0 Å². The Hall–Kier alpha value is -0.570. The zero-order valence-electron chi connectivity index (χ0n) is 6.55. The summed E-state index contributed by atoms with van der Waals surface area (Å²) in [5.74, 6) is -0.0324. The van der Waals surface area contributed by atoms with Gasteiger partial charge < -0.3 is 10.0 Å². The molecule has 1 amide bonds. The van der Waals surface area contributed by atoms with Crippen molar-refractivity contribution in [3.8, 4) is 0 Å². The Balaban J connectivity index is 1.97. The van der Waals surface area contributed by atoms with E-state index in [4.69, 9.17) is 0 Å². The number of carbonyl (C=O) groups excluding carboxylic acids is 1. The standard InChI is InChI=1S/C8H13NO2/c10-7(9-5-2-6-9)8(11)3-1-4-8/h11H,1-6H2. The Morgan fingerprint density at radius 3 is 2.18 bits per heavy atom. The highest BCUT2D eigenvalue weighted by molar-refractivity contribution is 5.86. The summed E-state index contributed by atoms with van der Waals surface area (Å²) in [6.07, 6.45) is 3.43. The fourth-order valence-electron chi connectivity index (χ4n) is 1.54. The number of likely N-dealkylation sites (tertiary alicyclic amines) is 1. The van der Waals surface area contributed by atoms with Gasteiger partial charge in [-0.3, -0.25) is 4.79 Å². The molecule has 3 heteroatoms. The van der Waals surface area contributed by atoms with Gasteiger partial charge in [0.05, 0.1) is 0 Å². The molecule has 3 nitrogen and oxygen atoms in total. The third kappa shape index (κ3) is 0.948. The van der Waals surface area contributed by atoms with Gasteiger partial charge in [0.25, 0.3) is 5.91 Å². The van der Waals surface area contributed by atoms with Gasteiger partial charge in [0.2, 0.25) is 0 Å². The molecule has 0 aromatic heterocycles. The SMILES string of the molecule is O=C(N1CCC1)C1(O)CCC1. The molecule has 2 aliphatic rings. The molecule has 0 atom stereocenters. The molecule has 0 spiro atoms. The second kappa shape index (κ2) is 2.21. The molecule has 0 unspecified atom stereocenters. The van der Waals surface area contributed by atoms with Crippen LogP contribution >= 0.6 is 0 Å². The molecule has 1 aliphatic heterocycles. The highest BCUT2D eigenvalue weighted by Crippen LogP contribution is 2.34. The van der Waals surface area contributed by atoms with Crippen molar-refractivity contribution < 1.29 is 9.90 Å². The van der Waals surface area contributed by atoms with E-state index < -0.39 is 5.60 Å². The smallest absolute Gasteiger partial charge is 0.254 e. The van der Waals surface area contributed by atoms with Gasteiger partial charge in [0.15, 0.2) is 0 Å². The first-order valence-corrected chi connectivity index (χ1v) is 4.24. The monoisotopic (exact) mass is 155 g/mol. The minimum Gasteiger partial charge on any atom is -0.380 e. The van der Waals surface area contributed by atoms with Crippen molar-refractivity contribution >= 4 is 5.91 Å². The number of hydrogen-bond acceptors (Lipinski definition) is 2. The summed E-state index contributed by atoms with van der Waals surface area (Å²) in [5.41, 5.74) is -0.958. The molecule has 0 aromatic carbocycles. The normalized spacial score (nSPS) is 27.2. The minimum atomic E-state index is -0.958. The highest BCUT2D eigenvalue weighted by Gasteiger charge is 2.45. The van der Waals surface area contributed by atoms with Crippen molar-refractivity contribution in [1.29, 1.82) is 0 Å². The highest BCUT2D eigenvalue weighted by atomic mass is 16.3. The molecule has 62 valence electrons. The summed E-state index contributed by atoms with van der Waals surface area (Å²) in [5, 5.41) is 9.62. The van der Waals surface area contributed by atoms with E-state index in [2.05, 4.69) is 0 Å². The van der Waals surface area contributed by atoms with E-state index in [0.29, 0.717) is 12.8 Å². The Morgan fingerprint density at radius 2 is 1.91 bits per heavy atom. The number of carbonyl (C=O) groups is 1. The van der Waals surface area contributed by atoms with Crippen LogP contribution in [0.2, 0.25) is 0 Å². The van der Waals surface area contributed by atoms with Gasteiger partial charge in [-0.05, 0) is 25.7 Å². The van der Waals surface area contributed by atoms with Gasteiger partial charge in [-0.25, -0.2) is 0 Å². The van der Waals surface area contributed by atoms with Crippen LogP contribution in [-0.4, -0.2) is 34.6 Å². The fourth-order valence-corrected chi connectivity index (χ4v) is 1.54. The molecule has 1 saturated heterocycles. The molecule has 2 fully saturated rings. The zero-order chi connectivity index (χ0) is 7.90. The van der Waals surface area contributed by atoms with Crippen molar-refractivity contribution in [2.24, 2.45) is 0 Å². The van der Waals surface area contributed by atoms with Gasteiger partial charge in [0.1, 0.15) is 5.60 Å². The van der Waals surface area contributed by atoms with E-state index in [1.807, 2.05) is 0 Å². The molecule has 2 rings (SSSR count). The maximum absolute atomic E-state index is 11.4. The first kappa shape index (κ1) is 7.10. The van der Waals surface area contributed by atoms with Crippen molar-refractivity contribution in [2.45, 2.75) is 31.3 Å². The lowest BCUT2D eigenvalue weighted by Crippen LogP contribution is -2.57. The lowest BCUT2D eigenvalue weighted by Gasteiger charge is -2.42. The van der Waals surface area contributed by atoms with E-state index in [1.54, 1.807) is 4.90 Å². The van der Waals surface area contributed by atoms with Crippen molar-refractivity contribution in [1.82, 2.24) is 4.90 Å². The molecule has 0 aromatic rings. The zero-order valence-corrected chi connectivity index (χ0v) is 6.55. The molecule has 1 saturated carbocycles. The maximum atomic E-state index is 11.4. The first-order chi connectivity index (χ1) is 5.22. The average Bonchev–Trinajstić information content (AvgIpc) is 1.78. The van der Waals surface area contributed by atoms with Gasteiger partial charge in [-0.15, -0.1) is 0 Å². The largest absolute Gasteiger partial charge is 0.380 e. The second-order valence-corrected chi connectivity index (χ2v) is 3.53. The summed E-state index contributed by atoms with van der Waals surface area (Å²) in [4.78, 5) is 13.2. The fraction of sp³-hybridized carbons (Fsp3) is 0.875. The molecule has 0 radical (unpaired) electrons. The Kier molecular flexibility index (Phi) is 1.42. The third-order valence-electron chi connectivity index (χ3n) is 2.72. The van der Waals surface area contributed by atoms with E-state index in [9.17, 15) is 9.90 Å². The molecule has 1 heterocycles.